The second-order valence-corrected chi connectivity index (χ2v) is 4.29. The zero-order valence-electron chi connectivity index (χ0n) is 15.9. The maximum Gasteiger partial charge on any atom is 2.00 e. The summed E-state index contributed by atoms with van der Waals surface area (Å²) in [5, 5.41) is 54.7. The molecule has 0 fully saturated rings. The number of hydrogen-bond donors (Lipinski definition) is 4. The van der Waals surface area contributed by atoms with Gasteiger partial charge in [0.15, 0.2) is 0 Å². The van der Waals surface area contributed by atoms with E-state index in [-0.39, 0.29) is 16.8 Å². The summed E-state index contributed by atoms with van der Waals surface area (Å²) in [5.41, 5.74) is 1.25. The molecule has 1 radical (unpaired) electrons. The molecule has 1 heterocycles. The zero-order chi connectivity index (χ0) is 20.8. The first-order valence-corrected chi connectivity index (χ1v) is 7.27. The van der Waals surface area contributed by atoms with Crippen molar-refractivity contribution in [2.75, 3.05) is 6.54 Å². The molecule has 0 aromatic rings. The largest absolute Gasteiger partial charge is 2.00 e. The molecule has 1 aliphatic heterocycles. The summed E-state index contributed by atoms with van der Waals surface area (Å²) in [6.45, 7) is 8.70. The van der Waals surface area contributed by atoms with Crippen LogP contribution in [0.5, 0.6) is 0 Å². The zero-order valence-corrected chi connectivity index (χ0v) is 16.9. The first-order valence-electron chi connectivity index (χ1n) is 7.27. The average molecular weight is 425 g/mol. The van der Waals surface area contributed by atoms with E-state index in [0.717, 1.165) is 6.54 Å². The third-order valence-corrected chi connectivity index (χ3v) is 2.43. The van der Waals surface area contributed by atoms with Gasteiger partial charge in [0, 0.05) is 0 Å². The molecule has 153 valence electrons. The van der Waals surface area contributed by atoms with E-state index in [9.17, 15) is 0 Å². The summed E-state index contributed by atoms with van der Waals surface area (Å²) in [7, 11) is 0. The van der Waals surface area contributed by atoms with Gasteiger partial charge >= 0.3 is 16.8 Å². The second kappa shape index (κ2) is 25.4. The molecule has 0 aromatic carbocycles. The number of oxime groups is 4. The van der Waals surface area contributed by atoms with Crippen LogP contribution in [-0.2, 0) is 16.8 Å². The fourth-order valence-electron chi connectivity index (χ4n) is 0.661. The summed E-state index contributed by atoms with van der Waals surface area (Å²) in [6.07, 6.45) is 9.16. The molecule has 0 atom stereocenters. The Labute approximate surface area is 169 Å². The molecule has 0 unspecified atom stereocenters. The topological polar surface area (TPSA) is 167 Å². The third-order valence-electron chi connectivity index (χ3n) is 2.43. The van der Waals surface area contributed by atoms with Crippen molar-refractivity contribution in [3.05, 3.63) is 41.2 Å². The van der Waals surface area contributed by atoms with Crippen LogP contribution in [0.15, 0.2) is 51.1 Å². The monoisotopic (exact) mass is 425 g/mol. The van der Waals surface area contributed by atoms with Crippen LogP contribution in [0.1, 0.15) is 34.6 Å². The fraction of sp³-hybridized carbons (Fsp3) is 0.375. The molecule has 0 aromatic heterocycles. The molecule has 1 rings (SSSR count). The van der Waals surface area contributed by atoms with E-state index < -0.39 is 0 Å². The molecule has 10 nitrogen and oxygen atoms in total. The van der Waals surface area contributed by atoms with Gasteiger partial charge in [-0.2, -0.15) is 6.20 Å². The summed E-state index contributed by atoms with van der Waals surface area (Å²) < 4.78 is 0. The Morgan fingerprint density at radius 1 is 0.889 bits per heavy atom. The Hall–Kier alpha value is -2.88. The van der Waals surface area contributed by atoms with E-state index in [1.165, 1.54) is 33.8 Å². The Kier molecular flexibility index (Phi) is 29.9. The van der Waals surface area contributed by atoms with E-state index in [4.69, 9.17) is 26.2 Å². The Balaban J connectivity index is -0.000000133. The quantitative estimate of drug-likeness (QED) is 0.301. The van der Waals surface area contributed by atoms with Gasteiger partial charge in [0.1, 0.15) is 22.8 Å². The van der Waals surface area contributed by atoms with Gasteiger partial charge in [-0.15, -0.1) is 12.6 Å². The van der Waals surface area contributed by atoms with Crippen LogP contribution in [0, 0.1) is 0 Å². The minimum atomic E-state index is 0. The molecule has 0 bridgehead atoms. The van der Waals surface area contributed by atoms with Crippen molar-refractivity contribution in [3.63, 3.8) is 0 Å². The summed E-state index contributed by atoms with van der Waals surface area (Å²) in [6, 6.07) is 0. The molecule has 0 saturated carbocycles. The number of nitrogens with zero attached hydrogens (tertiary/aromatic N) is 6. The van der Waals surface area contributed by atoms with Crippen LogP contribution in [0.3, 0.4) is 0 Å². The summed E-state index contributed by atoms with van der Waals surface area (Å²) >= 11 is 0. The van der Waals surface area contributed by atoms with E-state index in [1.54, 1.807) is 19.0 Å². The van der Waals surface area contributed by atoms with Crippen LogP contribution < -0.4 is 0 Å². The van der Waals surface area contributed by atoms with E-state index in [2.05, 4.69) is 25.9 Å². The van der Waals surface area contributed by atoms with Gasteiger partial charge in [-0.3, -0.25) is 5.87 Å². The Bertz CT molecular complexity index is 516. The first kappa shape index (κ1) is 31.8. The number of allylic oxidation sites excluding steroid dienone is 3. The summed E-state index contributed by atoms with van der Waals surface area (Å²) in [5.74, 6) is 1.81. The van der Waals surface area contributed by atoms with Crippen molar-refractivity contribution in [2.45, 2.75) is 34.6 Å². The van der Waals surface area contributed by atoms with Crippen LogP contribution in [0.2, 0.25) is 0 Å². The van der Waals surface area contributed by atoms with Crippen molar-refractivity contribution < 1.29 is 37.6 Å². The minimum Gasteiger partial charge on any atom is -0.764 e. The van der Waals surface area contributed by atoms with Gasteiger partial charge in [0.05, 0.1) is 0 Å². The predicted molar refractivity (Wildman–Crippen MR) is 105 cm³/mol. The van der Waals surface area contributed by atoms with Gasteiger partial charge in [-0.05, 0) is 34.6 Å². The van der Waals surface area contributed by atoms with Gasteiger partial charge in [-0.1, -0.05) is 38.9 Å². The molecule has 0 spiro atoms. The van der Waals surface area contributed by atoms with Crippen LogP contribution in [0.4, 0.5) is 0 Å². The smallest absolute Gasteiger partial charge is 0.764 e. The van der Waals surface area contributed by atoms with E-state index in [1.807, 2.05) is 18.2 Å². The maximum atomic E-state index is 8.03. The number of hydrogen-bond acceptors (Lipinski definition) is 8. The standard InChI is InChI=1S/C5H6N.2C4H8N2O2.C3H4N.Co/c1-2-4-6-5-3-1;2*1-3(5-7)4(2)6-8;1-2-3-4;/h1-4H,5H2;2*7-8H,1-2H3;2H,1H3;/q-1;;;-1;+2/b;2*5-3+,6-4+;;. The van der Waals surface area contributed by atoms with Gasteiger partial charge in [-0.25, -0.2) is 0 Å². The second-order valence-electron chi connectivity index (χ2n) is 4.29. The molecular weight excluding hydrogens is 399 g/mol. The Morgan fingerprint density at radius 2 is 1.22 bits per heavy atom. The molecule has 0 saturated heterocycles. The predicted octanol–water partition coefficient (Wildman–Crippen LogP) is 3.62. The normalized spacial score (nSPS) is 12.9. The summed E-state index contributed by atoms with van der Waals surface area (Å²) in [4.78, 5) is 0. The minimum absolute atomic E-state index is 0. The molecule has 1 aliphatic rings. The van der Waals surface area contributed by atoms with E-state index >= 15 is 0 Å². The van der Waals surface area contributed by atoms with Crippen LogP contribution in [0.25, 0.3) is 10.7 Å². The van der Waals surface area contributed by atoms with Gasteiger partial charge < -0.3 is 31.6 Å². The molecule has 0 aliphatic carbocycles. The van der Waals surface area contributed by atoms with Gasteiger partial charge in [0.25, 0.3) is 0 Å². The fourth-order valence-corrected chi connectivity index (χ4v) is 0.661. The van der Waals surface area contributed by atoms with E-state index in [0.29, 0.717) is 22.8 Å². The molecule has 0 amide bonds. The average Bonchev–Trinajstić information content (AvgIpc) is 2.73. The van der Waals surface area contributed by atoms with Crippen molar-refractivity contribution in [1.29, 1.82) is 0 Å². The first-order chi connectivity index (χ1) is 12.4. The molecular formula is C16H26CoN6O4. The van der Waals surface area contributed by atoms with Crippen molar-refractivity contribution >= 4 is 28.7 Å². The van der Waals surface area contributed by atoms with Gasteiger partial charge in [0.2, 0.25) is 0 Å². The van der Waals surface area contributed by atoms with Crippen LogP contribution in [-0.4, -0.2) is 56.1 Å². The Morgan fingerprint density at radius 3 is 1.30 bits per heavy atom. The number of rotatable bonds is 2. The van der Waals surface area contributed by atoms with Crippen molar-refractivity contribution in [1.82, 2.24) is 0 Å². The molecule has 11 heteroatoms. The van der Waals surface area contributed by atoms with Crippen LogP contribution >= 0.6 is 0 Å². The third kappa shape index (κ3) is 25.5. The maximum absolute atomic E-state index is 8.03. The van der Waals surface area contributed by atoms with Crippen molar-refractivity contribution in [2.24, 2.45) is 20.6 Å². The van der Waals surface area contributed by atoms with Crippen molar-refractivity contribution in [3.8, 4) is 0 Å². The molecule has 4 N–H and O–H groups in total. The SMILES string of the molecule is C1=CC[N-]C=C1.CC(=N\O)/C(C)=N/O.CC(=N\O)/C(C)=N/O.CC=C=[N-].[Co+2]. The molecule has 27 heavy (non-hydrogen) atoms.